The average molecular weight is 212 g/mol. The van der Waals surface area contributed by atoms with Gasteiger partial charge in [-0.25, -0.2) is 0 Å². The van der Waals surface area contributed by atoms with Gasteiger partial charge in [0.1, 0.15) is 12.4 Å². The van der Waals surface area contributed by atoms with Crippen LogP contribution in [0.25, 0.3) is 0 Å². The van der Waals surface area contributed by atoms with Crippen LogP contribution in [0, 0.1) is 0 Å². The van der Waals surface area contributed by atoms with Gasteiger partial charge < -0.3 is 15.8 Å². The normalized spacial score (nSPS) is 10.3. The van der Waals surface area contributed by atoms with Crippen LogP contribution < -0.4 is 11.1 Å². The van der Waals surface area contributed by atoms with Gasteiger partial charge in [0, 0.05) is 25.8 Å². The minimum atomic E-state index is -0.153. The highest BCUT2D eigenvalue weighted by Gasteiger charge is 2.06. The Hall–Kier alpha value is -1.56. The second kappa shape index (κ2) is 5.35. The van der Waals surface area contributed by atoms with E-state index >= 15 is 0 Å². The maximum atomic E-state index is 11.2. The maximum Gasteiger partial charge on any atom is 0.246 e. The molecule has 0 saturated heterocycles. The van der Waals surface area contributed by atoms with Crippen molar-refractivity contribution in [3.05, 3.63) is 11.8 Å². The van der Waals surface area contributed by atoms with Crippen LogP contribution in [0.5, 0.6) is 0 Å². The summed E-state index contributed by atoms with van der Waals surface area (Å²) in [6, 6.07) is 0. The quantitative estimate of drug-likeness (QED) is 0.699. The number of hydrogen-bond donors (Lipinski definition) is 2. The summed E-state index contributed by atoms with van der Waals surface area (Å²) in [5, 5.41) is 6.66. The first kappa shape index (κ1) is 11.5. The second-order valence-electron chi connectivity index (χ2n) is 3.09. The number of nitrogen functional groups attached to an aromatic ring is 1. The molecule has 15 heavy (non-hydrogen) atoms. The topological polar surface area (TPSA) is 82.2 Å². The zero-order valence-corrected chi connectivity index (χ0v) is 8.99. The predicted octanol–water partition coefficient (Wildman–Crippen LogP) is -0.345. The molecule has 0 aliphatic heterocycles. The van der Waals surface area contributed by atoms with Gasteiger partial charge in [-0.3, -0.25) is 9.48 Å². The molecule has 0 atom stereocenters. The third-order valence-electron chi connectivity index (χ3n) is 1.98. The Morgan fingerprint density at radius 2 is 2.47 bits per heavy atom. The molecule has 1 amide bonds. The fourth-order valence-corrected chi connectivity index (χ4v) is 1.07. The van der Waals surface area contributed by atoms with Gasteiger partial charge in [0.05, 0.1) is 6.20 Å². The molecular formula is C9H16N4O2. The highest BCUT2D eigenvalue weighted by atomic mass is 16.5. The highest BCUT2D eigenvalue weighted by molar-refractivity contribution is 5.77. The molecule has 0 unspecified atom stereocenters. The molecule has 0 aliphatic carbocycles. The first-order valence-corrected chi connectivity index (χ1v) is 4.76. The number of carbonyl (C=O) groups excluding carboxylic acids is 1. The molecule has 0 aromatic carbocycles. The molecule has 0 aliphatic rings. The van der Waals surface area contributed by atoms with Gasteiger partial charge >= 0.3 is 0 Å². The molecule has 3 N–H and O–H groups in total. The van der Waals surface area contributed by atoms with E-state index in [4.69, 9.17) is 10.5 Å². The summed E-state index contributed by atoms with van der Waals surface area (Å²) in [7, 11) is 1.75. The van der Waals surface area contributed by atoms with Crippen molar-refractivity contribution >= 4 is 11.7 Å². The summed E-state index contributed by atoms with van der Waals surface area (Å²) < 4.78 is 6.51. The van der Waals surface area contributed by atoms with E-state index in [1.165, 1.54) is 0 Å². The molecule has 6 nitrogen and oxygen atoms in total. The molecule has 1 aromatic heterocycles. The standard InChI is InChI=1S/C9H16N4O2/c1-3-15-6-8(14)11-4-7-5-12-13(2)9(7)10/h5H,3-4,6,10H2,1-2H3,(H,11,14). The SMILES string of the molecule is CCOCC(=O)NCc1cnn(C)c1N. The van der Waals surface area contributed by atoms with Crippen molar-refractivity contribution in [1.29, 1.82) is 0 Å². The molecule has 0 bridgehead atoms. The lowest BCUT2D eigenvalue weighted by molar-refractivity contribution is -0.125. The Morgan fingerprint density at radius 3 is 3.00 bits per heavy atom. The van der Waals surface area contributed by atoms with E-state index in [0.717, 1.165) is 5.56 Å². The third-order valence-corrected chi connectivity index (χ3v) is 1.98. The Labute approximate surface area is 88.4 Å². The number of amides is 1. The number of aryl methyl sites for hydroxylation is 1. The molecule has 0 radical (unpaired) electrons. The molecule has 1 aromatic rings. The van der Waals surface area contributed by atoms with Crippen molar-refractivity contribution in [1.82, 2.24) is 15.1 Å². The van der Waals surface area contributed by atoms with Gasteiger partial charge in [0.25, 0.3) is 0 Å². The summed E-state index contributed by atoms with van der Waals surface area (Å²) in [5.74, 6) is 0.409. The summed E-state index contributed by atoms with van der Waals surface area (Å²) in [4.78, 5) is 11.2. The molecule has 1 rings (SSSR count). The number of anilines is 1. The number of carbonyl (C=O) groups is 1. The van der Waals surface area contributed by atoms with Crippen LogP contribution in [0.15, 0.2) is 6.20 Å². The second-order valence-corrected chi connectivity index (χ2v) is 3.09. The number of nitrogens with one attached hydrogen (secondary N) is 1. The first-order chi connectivity index (χ1) is 7.15. The number of ether oxygens (including phenoxy) is 1. The zero-order valence-electron chi connectivity index (χ0n) is 8.99. The van der Waals surface area contributed by atoms with Crippen molar-refractivity contribution in [2.24, 2.45) is 7.05 Å². The average Bonchev–Trinajstić information content (AvgIpc) is 2.54. The van der Waals surface area contributed by atoms with Crippen molar-refractivity contribution < 1.29 is 9.53 Å². The minimum Gasteiger partial charge on any atom is -0.384 e. The van der Waals surface area contributed by atoms with E-state index in [0.29, 0.717) is 19.0 Å². The first-order valence-electron chi connectivity index (χ1n) is 4.76. The van der Waals surface area contributed by atoms with Crippen LogP contribution in [0.2, 0.25) is 0 Å². The molecule has 6 heteroatoms. The number of nitrogens with zero attached hydrogens (tertiary/aromatic N) is 2. The number of hydrogen-bond acceptors (Lipinski definition) is 4. The Kier molecular flexibility index (Phi) is 4.11. The van der Waals surface area contributed by atoms with Crippen LogP contribution in [-0.4, -0.2) is 28.9 Å². The van der Waals surface area contributed by atoms with Gasteiger partial charge in [-0.05, 0) is 6.92 Å². The Bertz CT molecular complexity index is 335. The smallest absolute Gasteiger partial charge is 0.246 e. The molecule has 1 heterocycles. The lowest BCUT2D eigenvalue weighted by Crippen LogP contribution is -2.27. The molecular weight excluding hydrogens is 196 g/mol. The predicted molar refractivity (Wildman–Crippen MR) is 56.0 cm³/mol. The van der Waals surface area contributed by atoms with Gasteiger partial charge in [-0.2, -0.15) is 5.10 Å². The Balaban J connectivity index is 2.37. The van der Waals surface area contributed by atoms with Gasteiger partial charge in [0.2, 0.25) is 5.91 Å². The summed E-state index contributed by atoms with van der Waals surface area (Å²) in [6.07, 6.45) is 1.64. The van der Waals surface area contributed by atoms with Gasteiger partial charge in [0.15, 0.2) is 0 Å². The number of rotatable bonds is 5. The summed E-state index contributed by atoms with van der Waals surface area (Å²) >= 11 is 0. The zero-order chi connectivity index (χ0) is 11.3. The molecule has 0 spiro atoms. The van der Waals surface area contributed by atoms with E-state index in [9.17, 15) is 4.79 Å². The van der Waals surface area contributed by atoms with Crippen LogP contribution in [0.4, 0.5) is 5.82 Å². The van der Waals surface area contributed by atoms with E-state index in [2.05, 4.69) is 10.4 Å². The summed E-state index contributed by atoms with van der Waals surface area (Å²) in [5.41, 5.74) is 6.51. The number of nitrogens with two attached hydrogens (primary N) is 1. The minimum absolute atomic E-state index is 0.0800. The van der Waals surface area contributed by atoms with E-state index < -0.39 is 0 Å². The summed E-state index contributed by atoms with van der Waals surface area (Å²) in [6.45, 7) is 2.83. The molecule has 84 valence electrons. The Morgan fingerprint density at radius 1 is 1.73 bits per heavy atom. The van der Waals surface area contributed by atoms with Crippen LogP contribution >= 0.6 is 0 Å². The van der Waals surface area contributed by atoms with Crippen molar-refractivity contribution in [3.63, 3.8) is 0 Å². The molecule has 0 fully saturated rings. The maximum absolute atomic E-state index is 11.2. The van der Waals surface area contributed by atoms with Crippen molar-refractivity contribution in [2.45, 2.75) is 13.5 Å². The van der Waals surface area contributed by atoms with Gasteiger partial charge in [-0.1, -0.05) is 0 Å². The largest absolute Gasteiger partial charge is 0.384 e. The van der Waals surface area contributed by atoms with Gasteiger partial charge in [-0.15, -0.1) is 0 Å². The molecule has 0 saturated carbocycles. The third kappa shape index (κ3) is 3.25. The lowest BCUT2D eigenvalue weighted by Gasteiger charge is -2.04. The van der Waals surface area contributed by atoms with Crippen LogP contribution in [0.1, 0.15) is 12.5 Å². The fraction of sp³-hybridized carbons (Fsp3) is 0.556. The van der Waals surface area contributed by atoms with Crippen molar-refractivity contribution in [2.75, 3.05) is 18.9 Å². The lowest BCUT2D eigenvalue weighted by atomic mass is 10.3. The highest BCUT2D eigenvalue weighted by Crippen LogP contribution is 2.07. The van der Waals surface area contributed by atoms with E-state index in [1.54, 1.807) is 17.9 Å². The van der Waals surface area contributed by atoms with Crippen LogP contribution in [-0.2, 0) is 23.1 Å². The fourth-order valence-electron chi connectivity index (χ4n) is 1.07. The van der Waals surface area contributed by atoms with E-state index in [1.807, 2.05) is 6.92 Å². The van der Waals surface area contributed by atoms with Crippen LogP contribution in [0.3, 0.4) is 0 Å². The monoisotopic (exact) mass is 212 g/mol. The number of aromatic nitrogens is 2. The van der Waals surface area contributed by atoms with E-state index in [-0.39, 0.29) is 12.5 Å². The van der Waals surface area contributed by atoms with Crippen molar-refractivity contribution in [3.8, 4) is 0 Å².